The van der Waals surface area contributed by atoms with Crippen LogP contribution in [0.2, 0.25) is 5.02 Å². The van der Waals surface area contributed by atoms with Gasteiger partial charge in [0.1, 0.15) is 0 Å². The van der Waals surface area contributed by atoms with Crippen LogP contribution in [-0.4, -0.2) is 19.7 Å². The Bertz CT molecular complexity index is 1090. The summed E-state index contributed by atoms with van der Waals surface area (Å²) in [6.07, 6.45) is 2.31. The number of halogens is 1. The van der Waals surface area contributed by atoms with Gasteiger partial charge in [-0.05, 0) is 36.6 Å². The van der Waals surface area contributed by atoms with Crippen molar-refractivity contribution < 1.29 is 4.52 Å². The van der Waals surface area contributed by atoms with Gasteiger partial charge in [0.05, 0.1) is 23.3 Å². The van der Waals surface area contributed by atoms with Crippen molar-refractivity contribution in [3.05, 3.63) is 70.8 Å². The summed E-state index contributed by atoms with van der Waals surface area (Å²) in [4.78, 5) is 9.31. The van der Waals surface area contributed by atoms with E-state index in [1.807, 2.05) is 24.3 Å². The van der Waals surface area contributed by atoms with Crippen molar-refractivity contribution in [2.45, 2.75) is 36.2 Å². The molecular formula is C20H17ClN4OS. The molecule has 0 saturated heterocycles. The Morgan fingerprint density at radius 1 is 1.11 bits per heavy atom. The van der Waals surface area contributed by atoms with Gasteiger partial charge in [-0.15, -0.1) is 0 Å². The smallest absolute Gasteiger partial charge is 0.229 e. The quantitative estimate of drug-likeness (QED) is 0.414. The second-order valence-electron chi connectivity index (χ2n) is 6.71. The van der Waals surface area contributed by atoms with Crippen molar-refractivity contribution in [3.63, 3.8) is 0 Å². The van der Waals surface area contributed by atoms with E-state index in [0.29, 0.717) is 16.7 Å². The molecule has 5 rings (SSSR count). The van der Waals surface area contributed by atoms with E-state index >= 15 is 0 Å². The van der Waals surface area contributed by atoms with E-state index in [4.69, 9.17) is 21.1 Å². The van der Waals surface area contributed by atoms with E-state index in [-0.39, 0.29) is 0 Å². The number of thioether (sulfide) groups is 1. The average molecular weight is 397 g/mol. The lowest BCUT2D eigenvalue weighted by molar-refractivity contribution is 0.375. The van der Waals surface area contributed by atoms with Gasteiger partial charge in [-0.25, -0.2) is 4.98 Å². The minimum Gasteiger partial charge on any atom is -0.339 e. The summed E-state index contributed by atoms with van der Waals surface area (Å²) in [5, 5.41) is 5.72. The molecule has 0 bridgehead atoms. The maximum atomic E-state index is 6.16. The summed E-state index contributed by atoms with van der Waals surface area (Å²) in [7, 11) is 0. The monoisotopic (exact) mass is 396 g/mol. The van der Waals surface area contributed by atoms with Gasteiger partial charge in [0.2, 0.25) is 5.89 Å². The zero-order valence-corrected chi connectivity index (χ0v) is 16.1. The highest BCUT2D eigenvalue weighted by molar-refractivity contribution is 7.98. The fourth-order valence-corrected chi connectivity index (χ4v) is 4.08. The summed E-state index contributed by atoms with van der Waals surface area (Å²) in [5.41, 5.74) is 3.19. The maximum absolute atomic E-state index is 6.16. The number of fused-ring (bicyclic) bond motifs is 1. The van der Waals surface area contributed by atoms with Gasteiger partial charge in [0.15, 0.2) is 11.0 Å². The number of hydrogen-bond donors (Lipinski definition) is 0. The van der Waals surface area contributed by atoms with Crippen LogP contribution in [0.15, 0.2) is 58.2 Å². The second kappa shape index (κ2) is 7.02. The first kappa shape index (κ1) is 16.8. The summed E-state index contributed by atoms with van der Waals surface area (Å²) in [6.45, 7) is 0.751. The van der Waals surface area contributed by atoms with Crippen LogP contribution < -0.4 is 0 Å². The van der Waals surface area contributed by atoms with Crippen LogP contribution in [0.1, 0.15) is 36.0 Å². The Morgan fingerprint density at radius 2 is 1.96 bits per heavy atom. The lowest BCUT2D eigenvalue weighted by Gasteiger charge is -2.08. The molecule has 0 aliphatic heterocycles. The number of imidazole rings is 1. The maximum Gasteiger partial charge on any atom is 0.229 e. The van der Waals surface area contributed by atoms with E-state index in [1.54, 1.807) is 11.8 Å². The molecule has 0 radical (unpaired) electrons. The van der Waals surface area contributed by atoms with Crippen LogP contribution in [0, 0.1) is 0 Å². The molecule has 1 aliphatic rings. The Balaban J connectivity index is 1.44. The summed E-state index contributed by atoms with van der Waals surface area (Å²) >= 11 is 7.78. The highest BCUT2D eigenvalue weighted by Crippen LogP contribution is 2.39. The van der Waals surface area contributed by atoms with Crippen LogP contribution in [0.4, 0.5) is 0 Å². The topological polar surface area (TPSA) is 56.7 Å². The number of hydrogen-bond acceptors (Lipinski definition) is 5. The standard InChI is InChI=1S/C20H17ClN4OS/c21-15-8-9-17-16(10-15)22-20(25(17)11-13-4-2-1-3-5-13)27-12-18-23-19(26-24-18)14-6-7-14/h1-5,8-10,14H,6-7,11-12H2. The second-order valence-corrected chi connectivity index (χ2v) is 8.09. The van der Waals surface area contributed by atoms with Gasteiger partial charge in [-0.3, -0.25) is 0 Å². The van der Waals surface area contributed by atoms with Crippen molar-refractivity contribution in [2.75, 3.05) is 0 Å². The molecule has 136 valence electrons. The van der Waals surface area contributed by atoms with Crippen molar-refractivity contribution in [1.29, 1.82) is 0 Å². The minimum atomic E-state index is 0.473. The molecule has 2 aromatic heterocycles. The van der Waals surface area contributed by atoms with E-state index < -0.39 is 0 Å². The number of rotatable bonds is 6. The predicted octanol–water partition coefficient (Wildman–Crippen LogP) is 5.29. The summed E-state index contributed by atoms with van der Waals surface area (Å²) < 4.78 is 7.57. The molecule has 0 amide bonds. The molecular weight excluding hydrogens is 380 g/mol. The Morgan fingerprint density at radius 3 is 2.78 bits per heavy atom. The van der Waals surface area contributed by atoms with Crippen molar-refractivity contribution in [1.82, 2.24) is 19.7 Å². The van der Waals surface area contributed by atoms with Gasteiger partial charge in [0.25, 0.3) is 0 Å². The molecule has 7 heteroatoms. The van der Waals surface area contributed by atoms with Crippen LogP contribution in [0.5, 0.6) is 0 Å². The predicted molar refractivity (Wildman–Crippen MR) is 106 cm³/mol. The molecule has 2 heterocycles. The van der Waals surface area contributed by atoms with E-state index in [1.165, 1.54) is 5.56 Å². The number of benzene rings is 2. The molecule has 1 aliphatic carbocycles. The minimum absolute atomic E-state index is 0.473. The third-order valence-corrected chi connectivity index (χ3v) is 5.81. The first-order valence-electron chi connectivity index (χ1n) is 8.91. The van der Waals surface area contributed by atoms with Crippen LogP contribution >= 0.6 is 23.4 Å². The number of nitrogens with zero attached hydrogens (tertiary/aromatic N) is 4. The van der Waals surface area contributed by atoms with Gasteiger partial charge < -0.3 is 9.09 Å². The van der Waals surface area contributed by atoms with Crippen LogP contribution in [0.25, 0.3) is 11.0 Å². The lowest BCUT2D eigenvalue weighted by Crippen LogP contribution is -2.01. The average Bonchev–Trinajstić information content (AvgIpc) is 3.33. The Hall–Kier alpha value is -2.31. The number of aromatic nitrogens is 4. The van der Waals surface area contributed by atoms with Crippen LogP contribution in [0.3, 0.4) is 0 Å². The zero-order chi connectivity index (χ0) is 18.2. The Labute approximate surface area is 165 Å². The molecule has 5 nitrogen and oxygen atoms in total. The molecule has 0 N–H and O–H groups in total. The Kier molecular flexibility index (Phi) is 4.38. The fraction of sp³-hybridized carbons (Fsp3) is 0.250. The van der Waals surface area contributed by atoms with Crippen molar-refractivity contribution >= 4 is 34.4 Å². The first-order chi connectivity index (χ1) is 13.3. The third kappa shape index (κ3) is 3.59. The summed E-state index contributed by atoms with van der Waals surface area (Å²) in [6, 6.07) is 16.2. The van der Waals surface area contributed by atoms with Gasteiger partial charge >= 0.3 is 0 Å². The molecule has 0 spiro atoms. The van der Waals surface area contributed by atoms with E-state index in [0.717, 1.165) is 47.3 Å². The third-order valence-electron chi connectivity index (χ3n) is 4.60. The van der Waals surface area contributed by atoms with Gasteiger partial charge in [-0.2, -0.15) is 4.98 Å². The zero-order valence-electron chi connectivity index (χ0n) is 14.5. The summed E-state index contributed by atoms with van der Waals surface area (Å²) in [5.74, 6) is 2.59. The fourth-order valence-electron chi connectivity index (χ4n) is 3.06. The molecule has 27 heavy (non-hydrogen) atoms. The first-order valence-corrected chi connectivity index (χ1v) is 10.3. The van der Waals surface area contributed by atoms with Gasteiger partial charge in [-0.1, -0.05) is 58.9 Å². The highest BCUT2D eigenvalue weighted by atomic mass is 35.5. The molecule has 2 aromatic carbocycles. The van der Waals surface area contributed by atoms with Crippen molar-refractivity contribution in [2.24, 2.45) is 0 Å². The van der Waals surface area contributed by atoms with Gasteiger partial charge in [0, 0.05) is 10.9 Å². The molecule has 0 unspecified atom stereocenters. The SMILES string of the molecule is Clc1ccc2c(c1)nc(SCc1noc(C3CC3)n1)n2Cc1ccccc1. The highest BCUT2D eigenvalue weighted by Gasteiger charge is 2.29. The normalized spacial score (nSPS) is 14.1. The van der Waals surface area contributed by atoms with Crippen molar-refractivity contribution in [3.8, 4) is 0 Å². The molecule has 1 fully saturated rings. The van der Waals surface area contributed by atoms with E-state index in [2.05, 4.69) is 39.0 Å². The van der Waals surface area contributed by atoms with E-state index in [9.17, 15) is 0 Å². The largest absolute Gasteiger partial charge is 0.339 e. The lowest BCUT2D eigenvalue weighted by atomic mass is 10.2. The molecule has 1 saturated carbocycles. The molecule has 0 atom stereocenters. The van der Waals surface area contributed by atoms with Crippen LogP contribution in [-0.2, 0) is 12.3 Å². The molecule has 4 aromatic rings.